The van der Waals surface area contributed by atoms with Crippen molar-refractivity contribution in [3.8, 4) is 0 Å². The minimum atomic E-state index is -0.323. The summed E-state index contributed by atoms with van der Waals surface area (Å²) in [6.07, 6.45) is 6.15. The van der Waals surface area contributed by atoms with Crippen LogP contribution in [0.1, 0.15) is 46.5 Å². The maximum atomic E-state index is 12.9. The van der Waals surface area contributed by atoms with E-state index in [4.69, 9.17) is 0 Å². The van der Waals surface area contributed by atoms with Crippen LogP contribution in [0.15, 0.2) is 36.5 Å². The average Bonchev–Trinajstić information content (AvgIpc) is 2.50. The summed E-state index contributed by atoms with van der Waals surface area (Å²) in [5.74, 6) is 0.120. The molecule has 3 nitrogen and oxygen atoms in total. The van der Waals surface area contributed by atoms with E-state index < -0.39 is 0 Å². The zero-order valence-corrected chi connectivity index (χ0v) is 13.6. The SMILES string of the molecule is CC1(C)CCCCC1(C)C(=O)Nc1cnc2ccccc2c1. The van der Waals surface area contributed by atoms with Crippen molar-refractivity contribution in [3.63, 3.8) is 0 Å². The molecule has 1 saturated carbocycles. The third-order valence-corrected chi connectivity index (χ3v) is 5.57. The summed E-state index contributed by atoms with van der Waals surface area (Å²) in [6.45, 7) is 6.53. The number of aromatic nitrogens is 1. The van der Waals surface area contributed by atoms with Crippen LogP contribution in [0.4, 0.5) is 5.69 Å². The van der Waals surface area contributed by atoms with Gasteiger partial charge in [-0.25, -0.2) is 0 Å². The molecule has 1 aliphatic rings. The van der Waals surface area contributed by atoms with E-state index in [0.29, 0.717) is 0 Å². The van der Waals surface area contributed by atoms with Crippen molar-refractivity contribution in [3.05, 3.63) is 36.5 Å². The fourth-order valence-electron chi connectivity index (χ4n) is 3.49. The molecule has 0 aliphatic heterocycles. The predicted octanol–water partition coefficient (Wildman–Crippen LogP) is 4.78. The topological polar surface area (TPSA) is 42.0 Å². The number of para-hydroxylation sites is 1. The molecule has 1 aliphatic carbocycles. The molecule has 1 unspecified atom stereocenters. The van der Waals surface area contributed by atoms with E-state index in [1.54, 1.807) is 6.20 Å². The van der Waals surface area contributed by atoms with Crippen molar-refractivity contribution < 1.29 is 4.79 Å². The number of hydrogen-bond acceptors (Lipinski definition) is 2. The lowest BCUT2D eigenvalue weighted by molar-refractivity contribution is -0.134. The van der Waals surface area contributed by atoms with Crippen molar-refractivity contribution in [2.75, 3.05) is 5.32 Å². The van der Waals surface area contributed by atoms with Gasteiger partial charge in [-0.3, -0.25) is 9.78 Å². The summed E-state index contributed by atoms with van der Waals surface area (Å²) < 4.78 is 0. The van der Waals surface area contributed by atoms with Crippen LogP contribution in [-0.2, 0) is 4.79 Å². The highest BCUT2D eigenvalue weighted by Gasteiger charge is 2.48. The number of amides is 1. The fraction of sp³-hybridized carbons (Fsp3) is 0.474. The lowest BCUT2D eigenvalue weighted by Gasteiger charge is -2.46. The Kier molecular flexibility index (Phi) is 3.67. The van der Waals surface area contributed by atoms with Crippen LogP contribution in [0, 0.1) is 10.8 Å². The first-order valence-electron chi connectivity index (χ1n) is 8.09. The van der Waals surface area contributed by atoms with Gasteiger partial charge >= 0.3 is 0 Å². The number of rotatable bonds is 2. The van der Waals surface area contributed by atoms with Gasteiger partial charge in [0.25, 0.3) is 0 Å². The average molecular weight is 296 g/mol. The number of benzene rings is 1. The lowest BCUT2D eigenvalue weighted by Crippen LogP contribution is -2.47. The predicted molar refractivity (Wildman–Crippen MR) is 90.7 cm³/mol. The first kappa shape index (κ1) is 15.0. The summed E-state index contributed by atoms with van der Waals surface area (Å²) in [7, 11) is 0. The molecule has 3 heteroatoms. The van der Waals surface area contributed by atoms with Crippen LogP contribution >= 0.6 is 0 Å². The van der Waals surface area contributed by atoms with E-state index in [1.807, 2.05) is 30.3 Å². The van der Waals surface area contributed by atoms with E-state index in [9.17, 15) is 4.79 Å². The van der Waals surface area contributed by atoms with Gasteiger partial charge in [-0.05, 0) is 30.4 Å². The Labute approximate surface area is 132 Å². The first-order valence-corrected chi connectivity index (χ1v) is 8.09. The second-order valence-electron chi connectivity index (χ2n) is 7.29. The highest BCUT2D eigenvalue weighted by molar-refractivity contribution is 5.97. The summed E-state index contributed by atoms with van der Waals surface area (Å²) in [4.78, 5) is 17.3. The molecule has 22 heavy (non-hydrogen) atoms. The zero-order valence-electron chi connectivity index (χ0n) is 13.6. The number of hydrogen-bond donors (Lipinski definition) is 1. The molecular formula is C19H24N2O. The smallest absolute Gasteiger partial charge is 0.230 e. The Bertz CT molecular complexity index is 707. The number of anilines is 1. The van der Waals surface area contributed by atoms with Gasteiger partial charge in [-0.2, -0.15) is 0 Å². The molecule has 1 N–H and O–H groups in total. The van der Waals surface area contributed by atoms with Crippen LogP contribution in [0.5, 0.6) is 0 Å². The second kappa shape index (κ2) is 5.38. The number of carbonyl (C=O) groups excluding carboxylic acids is 1. The molecule has 1 aromatic heterocycles. The van der Waals surface area contributed by atoms with Gasteiger partial charge < -0.3 is 5.32 Å². The van der Waals surface area contributed by atoms with Crippen molar-refractivity contribution in [2.45, 2.75) is 46.5 Å². The molecule has 0 saturated heterocycles. The van der Waals surface area contributed by atoms with Gasteiger partial charge in [0, 0.05) is 5.39 Å². The van der Waals surface area contributed by atoms with Gasteiger partial charge in [0.2, 0.25) is 5.91 Å². The Morgan fingerprint density at radius 1 is 1.14 bits per heavy atom. The number of carbonyl (C=O) groups is 1. The number of pyridine rings is 1. The third kappa shape index (κ3) is 2.49. The first-order chi connectivity index (χ1) is 10.4. The molecule has 3 rings (SSSR count). The van der Waals surface area contributed by atoms with E-state index in [2.05, 4.69) is 31.1 Å². The van der Waals surface area contributed by atoms with Gasteiger partial charge in [-0.1, -0.05) is 51.8 Å². The summed E-state index contributed by atoms with van der Waals surface area (Å²) in [5, 5.41) is 4.15. The molecule has 2 aromatic rings. The maximum absolute atomic E-state index is 12.9. The van der Waals surface area contributed by atoms with Gasteiger partial charge in [0.15, 0.2) is 0 Å². The maximum Gasteiger partial charge on any atom is 0.230 e. The molecule has 1 aromatic carbocycles. The standard InChI is InChI=1S/C19H24N2O/c1-18(2)10-6-7-11-19(18,3)17(22)21-15-12-14-8-4-5-9-16(14)20-13-15/h4-5,8-9,12-13H,6-7,10-11H2,1-3H3,(H,21,22). The minimum absolute atomic E-state index is 0.0274. The zero-order chi connectivity index (χ0) is 15.8. The molecule has 116 valence electrons. The number of nitrogens with one attached hydrogen (secondary N) is 1. The van der Waals surface area contributed by atoms with Crippen LogP contribution in [0.3, 0.4) is 0 Å². The van der Waals surface area contributed by atoms with Crippen molar-refractivity contribution in [2.24, 2.45) is 10.8 Å². The normalized spacial score (nSPS) is 24.1. The molecule has 0 spiro atoms. The molecule has 1 atom stereocenters. The highest BCUT2D eigenvalue weighted by Crippen LogP contribution is 2.50. The Morgan fingerprint density at radius 3 is 2.64 bits per heavy atom. The van der Waals surface area contributed by atoms with Gasteiger partial charge in [0.1, 0.15) is 0 Å². The Hall–Kier alpha value is -1.90. The van der Waals surface area contributed by atoms with Crippen LogP contribution in [-0.4, -0.2) is 10.9 Å². The largest absolute Gasteiger partial charge is 0.324 e. The van der Waals surface area contributed by atoms with E-state index in [-0.39, 0.29) is 16.7 Å². The lowest BCUT2D eigenvalue weighted by atomic mass is 9.58. The monoisotopic (exact) mass is 296 g/mol. The van der Waals surface area contributed by atoms with E-state index >= 15 is 0 Å². The molecule has 1 fully saturated rings. The van der Waals surface area contributed by atoms with E-state index in [1.165, 1.54) is 6.42 Å². The molecule has 0 radical (unpaired) electrons. The van der Waals surface area contributed by atoms with Gasteiger partial charge in [0.05, 0.1) is 22.8 Å². The molecule has 0 bridgehead atoms. The van der Waals surface area contributed by atoms with Crippen molar-refractivity contribution in [1.82, 2.24) is 4.98 Å². The quantitative estimate of drug-likeness (QED) is 0.866. The summed E-state index contributed by atoms with van der Waals surface area (Å²) in [5.41, 5.74) is 1.44. The number of nitrogens with zero attached hydrogens (tertiary/aromatic N) is 1. The highest BCUT2D eigenvalue weighted by atomic mass is 16.2. The Morgan fingerprint density at radius 2 is 1.86 bits per heavy atom. The van der Waals surface area contributed by atoms with Crippen LogP contribution in [0.2, 0.25) is 0 Å². The molecule has 1 amide bonds. The van der Waals surface area contributed by atoms with Crippen molar-refractivity contribution >= 4 is 22.5 Å². The Balaban J connectivity index is 1.86. The van der Waals surface area contributed by atoms with Gasteiger partial charge in [-0.15, -0.1) is 0 Å². The second-order valence-corrected chi connectivity index (χ2v) is 7.29. The molecular weight excluding hydrogens is 272 g/mol. The molecule has 1 heterocycles. The van der Waals surface area contributed by atoms with Crippen LogP contribution < -0.4 is 5.32 Å². The summed E-state index contributed by atoms with van der Waals surface area (Å²) in [6, 6.07) is 9.95. The minimum Gasteiger partial charge on any atom is -0.324 e. The van der Waals surface area contributed by atoms with Crippen molar-refractivity contribution in [1.29, 1.82) is 0 Å². The third-order valence-electron chi connectivity index (χ3n) is 5.57. The fourth-order valence-corrected chi connectivity index (χ4v) is 3.49. The van der Waals surface area contributed by atoms with Crippen LogP contribution in [0.25, 0.3) is 10.9 Å². The van der Waals surface area contributed by atoms with E-state index in [0.717, 1.165) is 35.9 Å². The number of fused-ring (bicyclic) bond motifs is 1. The summed E-state index contributed by atoms with van der Waals surface area (Å²) >= 11 is 0.